The second-order valence-corrected chi connectivity index (χ2v) is 2.85. The number of hydrogen-bond donors (Lipinski definition) is 2. The molecular weight excluding hydrogens is 210 g/mol. The predicted octanol–water partition coefficient (Wildman–Crippen LogP) is 0.657. The zero-order valence-electron chi connectivity index (χ0n) is 5.54. The smallest absolute Gasteiger partial charge is 0.324 e. The van der Waals surface area contributed by atoms with E-state index < -0.39 is 6.03 Å². The summed E-state index contributed by atoms with van der Waals surface area (Å²) in [5.41, 5.74) is 5.02. The minimum absolute atomic E-state index is 0.0619. The third-order valence-corrected chi connectivity index (χ3v) is 1.65. The number of nitrogens with two attached hydrogens (primary N) is 1. The summed E-state index contributed by atoms with van der Waals surface area (Å²) >= 11 is 3.16. The summed E-state index contributed by atoms with van der Waals surface area (Å²) in [6.07, 6.45) is 1.44. The lowest BCUT2D eigenvalue weighted by Gasteiger charge is -1.99. The molecule has 0 aliphatic rings. The first-order valence-corrected chi connectivity index (χ1v) is 3.63. The molecule has 1 amide bonds. The number of amides is 1. The van der Waals surface area contributed by atoms with Gasteiger partial charge in [-0.3, -0.25) is 9.98 Å². The highest BCUT2D eigenvalue weighted by Gasteiger charge is 1.97. The molecule has 0 bridgehead atoms. The predicted molar refractivity (Wildman–Crippen MR) is 43.0 cm³/mol. The van der Waals surface area contributed by atoms with Gasteiger partial charge in [-0.2, -0.15) is 0 Å². The van der Waals surface area contributed by atoms with Crippen LogP contribution in [0.1, 0.15) is 0 Å². The highest BCUT2D eigenvalue weighted by atomic mass is 79.9. The number of pyridine rings is 1. The molecule has 58 valence electrons. The van der Waals surface area contributed by atoms with Crippen molar-refractivity contribution in [3.63, 3.8) is 0 Å². The first kappa shape index (κ1) is 8.00. The summed E-state index contributed by atoms with van der Waals surface area (Å²) in [5, 5.41) is 7.27. The average molecular weight is 216 g/mol. The molecule has 0 spiro atoms. The lowest BCUT2D eigenvalue weighted by molar-refractivity contribution is 0.249. The molecule has 5 heteroatoms. The Morgan fingerprint density at radius 1 is 1.73 bits per heavy atom. The quantitative estimate of drug-likeness (QED) is 0.656. The Balaban J connectivity index is 3.32. The van der Waals surface area contributed by atoms with Gasteiger partial charge < -0.3 is 5.73 Å². The molecule has 0 unspecified atom stereocenters. The van der Waals surface area contributed by atoms with Crippen LogP contribution >= 0.6 is 15.9 Å². The fourth-order valence-corrected chi connectivity index (χ4v) is 1.00. The van der Waals surface area contributed by atoms with Gasteiger partial charge in [0.05, 0.1) is 0 Å². The van der Waals surface area contributed by atoms with E-state index in [1.807, 2.05) is 0 Å². The first-order chi connectivity index (χ1) is 5.11. The summed E-state index contributed by atoms with van der Waals surface area (Å²) < 4.78 is 1.80. The van der Waals surface area contributed by atoms with Gasteiger partial charge in [-0.1, -0.05) is 15.9 Å². The Morgan fingerprint density at radius 2 is 2.36 bits per heavy atom. The van der Waals surface area contributed by atoms with Crippen LogP contribution in [0.4, 0.5) is 4.79 Å². The molecule has 0 aliphatic carbocycles. The van der Waals surface area contributed by atoms with E-state index in [1.54, 1.807) is 6.07 Å². The van der Waals surface area contributed by atoms with Crippen LogP contribution in [0.2, 0.25) is 0 Å². The van der Waals surface area contributed by atoms with Crippen molar-refractivity contribution in [2.24, 2.45) is 5.73 Å². The van der Waals surface area contributed by atoms with Gasteiger partial charge in [-0.25, -0.2) is 4.79 Å². The van der Waals surface area contributed by atoms with E-state index in [-0.39, 0.29) is 5.49 Å². The molecule has 1 aromatic rings. The first-order valence-electron chi connectivity index (χ1n) is 2.84. The van der Waals surface area contributed by atoms with E-state index in [1.165, 1.54) is 12.3 Å². The van der Waals surface area contributed by atoms with E-state index >= 15 is 0 Å². The van der Waals surface area contributed by atoms with Gasteiger partial charge in [0.2, 0.25) is 0 Å². The van der Waals surface area contributed by atoms with Crippen molar-refractivity contribution in [1.29, 1.82) is 5.41 Å². The van der Waals surface area contributed by atoms with Gasteiger partial charge in [0.1, 0.15) is 5.49 Å². The molecule has 1 heterocycles. The van der Waals surface area contributed by atoms with Crippen LogP contribution in [0.15, 0.2) is 22.8 Å². The molecule has 0 radical (unpaired) electrons. The standard InChI is InChI=1S/C6H6BrN3O/c7-4-1-2-10(6(9)11)5(8)3-4/h1-3,8H,(H2,9,11). The van der Waals surface area contributed by atoms with Crippen molar-refractivity contribution in [2.75, 3.05) is 0 Å². The normalized spacial score (nSPS) is 9.55. The molecule has 0 saturated heterocycles. The summed E-state index contributed by atoms with van der Waals surface area (Å²) in [7, 11) is 0. The lowest BCUT2D eigenvalue weighted by atomic mass is 10.5. The van der Waals surface area contributed by atoms with Crippen LogP contribution < -0.4 is 11.2 Å². The van der Waals surface area contributed by atoms with Crippen LogP contribution in [-0.4, -0.2) is 10.6 Å². The maximum absolute atomic E-state index is 10.6. The zero-order valence-corrected chi connectivity index (χ0v) is 7.13. The third-order valence-electron chi connectivity index (χ3n) is 1.15. The maximum Gasteiger partial charge on any atom is 0.324 e. The summed E-state index contributed by atoms with van der Waals surface area (Å²) in [6.45, 7) is 0. The molecule has 0 aliphatic heterocycles. The number of nitrogens with one attached hydrogen (secondary N) is 1. The Kier molecular flexibility index (Phi) is 2.09. The molecule has 4 nitrogen and oxygen atoms in total. The van der Waals surface area contributed by atoms with Crippen molar-refractivity contribution in [2.45, 2.75) is 0 Å². The minimum Gasteiger partial charge on any atom is -0.351 e. The average Bonchev–Trinajstić information content (AvgIpc) is 1.85. The van der Waals surface area contributed by atoms with Gasteiger partial charge in [0, 0.05) is 10.7 Å². The molecule has 1 aromatic heterocycles. The van der Waals surface area contributed by atoms with E-state index in [9.17, 15) is 4.79 Å². The van der Waals surface area contributed by atoms with Gasteiger partial charge in [-0.05, 0) is 12.1 Å². The molecular formula is C6H6BrN3O. The molecule has 0 fully saturated rings. The summed E-state index contributed by atoms with van der Waals surface area (Å²) in [6, 6.07) is 2.48. The molecule has 11 heavy (non-hydrogen) atoms. The van der Waals surface area contributed by atoms with E-state index in [4.69, 9.17) is 11.1 Å². The van der Waals surface area contributed by atoms with Crippen molar-refractivity contribution in [3.8, 4) is 0 Å². The van der Waals surface area contributed by atoms with Crippen molar-refractivity contribution in [1.82, 2.24) is 4.57 Å². The largest absolute Gasteiger partial charge is 0.351 e. The Hall–Kier alpha value is -1.10. The number of carbonyl (C=O) groups is 1. The Morgan fingerprint density at radius 3 is 2.82 bits per heavy atom. The molecule has 0 aromatic carbocycles. The van der Waals surface area contributed by atoms with E-state index in [0.29, 0.717) is 0 Å². The van der Waals surface area contributed by atoms with Gasteiger partial charge in [0.15, 0.2) is 0 Å². The van der Waals surface area contributed by atoms with Crippen molar-refractivity contribution >= 4 is 22.0 Å². The number of primary amides is 1. The van der Waals surface area contributed by atoms with E-state index in [2.05, 4.69) is 15.9 Å². The molecule has 0 saturated carbocycles. The molecule has 1 rings (SSSR count). The van der Waals surface area contributed by atoms with Crippen LogP contribution in [0, 0.1) is 5.41 Å². The number of rotatable bonds is 0. The van der Waals surface area contributed by atoms with Crippen LogP contribution in [0.5, 0.6) is 0 Å². The maximum atomic E-state index is 10.6. The van der Waals surface area contributed by atoms with Gasteiger partial charge >= 0.3 is 6.03 Å². The second-order valence-electron chi connectivity index (χ2n) is 1.94. The van der Waals surface area contributed by atoms with Crippen LogP contribution in [0.3, 0.4) is 0 Å². The number of aromatic nitrogens is 1. The lowest BCUT2D eigenvalue weighted by Crippen LogP contribution is -2.30. The number of carbonyl (C=O) groups excluding carboxylic acids is 1. The fraction of sp³-hybridized carbons (Fsp3) is 0. The summed E-state index contributed by atoms with van der Waals surface area (Å²) in [5.74, 6) is 0. The van der Waals surface area contributed by atoms with E-state index in [0.717, 1.165) is 9.04 Å². The highest BCUT2D eigenvalue weighted by molar-refractivity contribution is 9.10. The Bertz CT molecular complexity index is 344. The number of halogens is 1. The zero-order chi connectivity index (χ0) is 8.43. The van der Waals surface area contributed by atoms with Crippen molar-refractivity contribution in [3.05, 3.63) is 28.3 Å². The number of hydrogen-bond acceptors (Lipinski definition) is 2. The van der Waals surface area contributed by atoms with Crippen molar-refractivity contribution < 1.29 is 4.79 Å². The Labute approximate surface area is 71.3 Å². The minimum atomic E-state index is -0.650. The van der Waals surface area contributed by atoms with Crippen LogP contribution in [0.25, 0.3) is 0 Å². The van der Waals surface area contributed by atoms with Crippen LogP contribution in [-0.2, 0) is 0 Å². The monoisotopic (exact) mass is 215 g/mol. The molecule has 0 atom stereocenters. The topological polar surface area (TPSA) is 71.9 Å². The summed E-state index contributed by atoms with van der Waals surface area (Å²) in [4.78, 5) is 10.6. The second kappa shape index (κ2) is 2.87. The SMILES string of the molecule is N=c1cc(Br)ccn1C(N)=O. The molecule has 3 N–H and O–H groups in total. The van der Waals surface area contributed by atoms with Gasteiger partial charge in [-0.15, -0.1) is 0 Å². The van der Waals surface area contributed by atoms with Gasteiger partial charge in [0.25, 0.3) is 0 Å². The third kappa shape index (κ3) is 1.68. The number of nitrogens with zero attached hydrogens (tertiary/aromatic N) is 1. The fourth-order valence-electron chi connectivity index (χ4n) is 0.666. The highest BCUT2D eigenvalue weighted by Crippen LogP contribution is 2.02.